The number of para-hydroxylation sites is 2. The molecule has 42 heavy (non-hydrogen) atoms. The third-order valence-corrected chi connectivity index (χ3v) is 6.84. The number of hydrogen-bond donors (Lipinski definition) is 0. The molecule has 0 atom stereocenters. The number of halogens is 1. The zero-order chi connectivity index (χ0) is 29.1. The summed E-state index contributed by atoms with van der Waals surface area (Å²) >= 11 is 6.65. The average molecular weight is 575 g/mol. The minimum atomic E-state index is -0.348. The van der Waals surface area contributed by atoms with E-state index in [1.807, 2.05) is 55.5 Å². The van der Waals surface area contributed by atoms with Crippen molar-refractivity contribution < 1.29 is 13.9 Å². The Morgan fingerprint density at radius 1 is 1.02 bits per heavy atom. The van der Waals surface area contributed by atoms with E-state index in [1.165, 1.54) is 10.9 Å². The van der Waals surface area contributed by atoms with Crippen molar-refractivity contribution in [3.8, 4) is 29.2 Å². The molecule has 2 heterocycles. The van der Waals surface area contributed by atoms with Crippen molar-refractivity contribution in [2.45, 2.75) is 13.5 Å². The SMILES string of the molecule is CCOc1cc(C=Nn2c(-c3cc4ccccc4o3)nc3ccccc3c2=O)cc(Cl)c1OCc1ccccc1C#N. The highest BCUT2D eigenvalue weighted by molar-refractivity contribution is 6.32. The predicted molar refractivity (Wildman–Crippen MR) is 162 cm³/mol. The van der Waals surface area contributed by atoms with Crippen molar-refractivity contribution in [2.75, 3.05) is 6.61 Å². The fourth-order valence-electron chi connectivity index (χ4n) is 4.58. The van der Waals surface area contributed by atoms with Gasteiger partial charge in [-0.25, -0.2) is 4.98 Å². The quantitative estimate of drug-likeness (QED) is 0.178. The molecule has 6 rings (SSSR count). The van der Waals surface area contributed by atoms with Crippen LogP contribution in [0.4, 0.5) is 0 Å². The van der Waals surface area contributed by atoms with Gasteiger partial charge >= 0.3 is 0 Å². The molecular weight excluding hydrogens is 552 g/mol. The molecule has 0 bridgehead atoms. The molecule has 4 aromatic carbocycles. The zero-order valence-electron chi connectivity index (χ0n) is 22.5. The van der Waals surface area contributed by atoms with Gasteiger partial charge in [0.2, 0.25) is 5.82 Å². The largest absolute Gasteiger partial charge is 0.490 e. The van der Waals surface area contributed by atoms with Gasteiger partial charge in [-0.2, -0.15) is 15.0 Å². The van der Waals surface area contributed by atoms with Gasteiger partial charge in [0.05, 0.1) is 40.4 Å². The van der Waals surface area contributed by atoms with Crippen molar-refractivity contribution in [1.29, 1.82) is 5.26 Å². The Labute approximate surface area is 245 Å². The van der Waals surface area contributed by atoms with Crippen LogP contribution in [0.3, 0.4) is 0 Å². The molecule has 0 unspecified atom stereocenters. The first-order valence-electron chi connectivity index (χ1n) is 13.2. The Hall–Kier alpha value is -5.39. The standard InChI is InChI=1S/C33H23ClN4O4/c1-2-40-29-16-21(15-26(34)31(29)41-20-24-11-4-3-10-23(24)18-35)19-36-38-32(30-17-22-9-5-8-14-28(22)42-30)37-27-13-7-6-12-25(27)33(38)39/h3-17,19H,2,20H2,1H3. The minimum Gasteiger partial charge on any atom is -0.490 e. The highest BCUT2D eigenvalue weighted by atomic mass is 35.5. The van der Waals surface area contributed by atoms with Crippen LogP contribution in [-0.4, -0.2) is 22.5 Å². The highest BCUT2D eigenvalue weighted by Crippen LogP contribution is 2.37. The lowest BCUT2D eigenvalue weighted by molar-refractivity contribution is 0.269. The van der Waals surface area contributed by atoms with Gasteiger partial charge in [0.15, 0.2) is 17.3 Å². The number of nitrogens with zero attached hydrogens (tertiary/aromatic N) is 4. The van der Waals surface area contributed by atoms with Crippen LogP contribution in [0.2, 0.25) is 5.02 Å². The van der Waals surface area contributed by atoms with Crippen molar-refractivity contribution in [3.05, 3.63) is 123 Å². The Kier molecular flexibility index (Phi) is 7.41. The van der Waals surface area contributed by atoms with E-state index in [0.29, 0.717) is 56.5 Å². The lowest BCUT2D eigenvalue weighted by Gasteiger charge is -2.15. The summed E-state index contributed by atoms with van der Waals surface area (Å²) in [6.07, 6.45) is 1.51. The van der Waals surface area contributed by atoms with Crippen molar-refractivity contribution in [3.63, 3.8) is 0 Å². The topological polar surface area (TPSA) is 103 Å². The second-order valence-corrected chi connectivity index (χ2v) is 9.69. The van der Waals surface area contributed by atoms with Crippen molar-refractivity contribution >= 4 is 39.7 Å². The minimum absolute atomic E-state index is 0.135. The third-order valence-electron chi connectivity index (χ3n) is 6.56. The van der Waals surface area contributed by atoms with Gasteiger partial charge in [-0.1, -0.05) is 60.1 Å². The summed E-state index contributed by atoms with van der Waals surface area (Å²) in [7, 11) is 0. The van der Waals surface area contributed by atoms with Gasteiger partial charge in [0.25, 0.3) is 5.56 Å². The molecule has 0 N–H and O–H groups in total. The average Bonchev–Trinajstić information content (AvgIpc) is 3.45. The zero-order valence-corrected chi connectivity index (χ0v) is 23.2. The smallest absolute Gasteiger partial charge is 0.282 e. The third kappa shape index (κ3) is 5.21. The second-order valence-electron chi connectivity index (χ2n) is 9.28. The Balaban J connectivity index is 1.40. The Morgan fingerprint density at radius 3 is 2.64 bits per heavy atom. The van der Waals surface area contributed by atoms with Crippen LogP contribution in [0.1, 0.15) is 23.6 Å². The van der Waals surface area contributed by atoms with Crippen LogP contribution in [0.25, 0.3) is 33.5 Å². The maximum atomic E-state index is 13.6. The summed E-state index contributed by atoms with van der Waals surface area (Å²) in [5, 5.41) is 15.5. The molecule has 0 saturated heterocycles. The first-order valence-corrected chi connectivity index (χ1v) is 13.6. The molecule has 206 valence electrons. The van der Waals surface area contributed by atoms with Gasteiger partial charge in [0, 0.05) is 10.9 Å². The second kappa shape index (κ2) is 11.6. The number of furan rings is 1. The first-order chi connectivity index (χ1) is 20.6. The number of benzene rings is 4. The monoisotopic (exact) mass is 574 g/mol. The lowest BCUT2D eigenvalue weighted by atomic mass is 10.1. The summed E-state index contributed by atoms with van der Waals surface area (Å²) in [4.78, 5) is 18.3. The Morgan fingerprint density at radius 2 is 1.81 bits per heavy atom. The van der Waals surface area contributed by atoms with Gasteiger partial charge in [-0.3, -0.25) is 4.79 Å². The number of nitriles is 1. The van der Waals surface area contributed by atoms with E-state index in [2.05, 4.69) is 11.2 Å². The molecule has 8 nitrogen and oxygen atoms in total. The van der Waals surface area contributed by atoms with Crippen LogP contribution in [0.15, 0.2) is 105 Å². The normalized spacial score (nSPS) is 11.3. The first kappa shape index (κ1) is 26.8. The molecular formula is C33H23ClN4O4. The maximum Gasteiger partial charge on any atom is 0.282 e. The van der Waals surface area contributed by atoms with E-state index in [9.17, 15) is 10.1 Å². The number of aromatic nitrogens is 2. The van der Waals surface area contributed by atoms with Crippen LogP contribution in [-0.2, 0) is 6.61 Å². The molecule has 0 saturated carbocycles. The number of rotatable bonds is 8. The summed E-state index contributed by atoms with van der Waals surface area (Å²) < 4.78 is 19.1. The van der Waals surface area contributed by atoms with Gasteiger partial charge < -0.3 is 13.9 Å². The Bertz CT molecular complexity index is 2040. The molecule has 0 radical (unpaired) electrons. The van der Waals surface area contributed by atoms with Gasteiger partial charge in [-0.05, 0) is 55.0 Å². The van der Waals surface area contributed by atoms with Crippen molar-refractivity contribution in [1.82, 2.24) is 9.66 Å². The molecule has 0 fully saturated rings. The maximum absolute atomic E-state index is 13.6. The summed E-state index contributed by atoms with van der Waals surface area (Å²) in [5.74, 6) is 1.42. The van der Waals surface area contributed by atoms with E-state index in [4.69, 9.17) is 30.5 Å². The fourth-order valence-corrected chi connectivity index (χ4v) is 4.85. The van der Waals surface area contributed by atoms with E-state index < -0.39 is 0 Å². The molecule has 0 amide bonds. The van der Waals surface area contributed by atoms with Crippen molar-refractivity contribution in [2.24, 2.45) is 5.10 Å². The van der Waals surface area contributed by atoms with Crippen LogP contribution < -0.4 is 15.0 Å². The molecule has 9 heteroatoms. The number of ether oxygens (including phenoxy) is 2. The van der Waals surface area contributed by atoms with E-state index in [-0.39, 0.29) is 18.0 Å². The van der Waals surface area contributed by atoms with Crippen LogP contribution >= 0.6 is 11.6 Å². The predicted octanol–water partition coefficient (Wildman–Crippen LogP) is 7.19. The van der Waals surface area contributed by atoms with E-state index in [0.717, 1.165) is 10.9 Å². The lowest BCUT2D eigenvalue weighted by Crippen LogP contribution is -2.20. The van der Waals surface area contributed by atoms with Gasteiger partial charge in [0.1, 0.15) is 12.2 Å². The molecule has 0 aliphatic heterocycles. The van der Waals surface area contributed by atoms with Gasteiger partial charge in [-0.15, -0.1) is 0 Å². The van der Waals surface area contributed by atoms with Crippen LogP contribution in [0.5, 0.6) is 11.5 Å². The van der Waals surface area contributed by atoms with E-state index >= 15 is 0 Å². The molecule has 0 spiro atoms. The van der Waals surface area contributed by atoms with E-state index in [1.54, 1.807) is 42.5 Å². The fraction of sp³-hybridized carbons (Fsp3) is 0.0909. The molecule has 0 aliphatic rings. The summed E-state index contributed by atoms with van der Waals surface area (Å²) in [6.45, 7) is 2.35. The number of hydrogen-bond acceptors (Lipinski definition) is 7. The summed E-state index contributed by atoms with van der Waals surface area (Å²) in [5.41, 5.74) is 2.68. The molecule has 2 aromatic heterocycles. The molecule has 6 aromatic rings. The van der Waals surface area contributed by atoms with Crippen LogP contribution in [0, 0.1) is 11.3 Å². The molecule has 0 aliphatic carbocycles. The summed E-state index contributed by atoms with van der Waals surface area (Å²) in [6, 6.07) is 29.2. The highest BCUT2D eigenvalue weighted by Gasteiger charge is 2.17. The number of fused-ring (bicyclic) bond motifs is 2.